The molecular weight excluding hydrogens is 335 g/mol. The lowest BCUT2D eigenvalue weighted by molar-refractivity contribution is -0.111. The molecule has 1 aliphatic rings. The average molecular weight is 351 g/mol. The van der Waals surface area contributed by atoms with E-state index in [9.17, 15) is 14.4 Å². The molecule has 0 unspecified atom stereocenters. The minimum Gasteiger partial charge on any atom is -0.493 e. The Balaban J connectivity index is 2.12. The topological polar surface area (TPSA) is 82.8 Å². The van der Waals surface area contributed by atoms with Crippen LogP contribution in [-0.2, 0) is 4.79 Å². The fourth-order valence-electron chi connectivity index (χ4n) is 3.01. The van der Waals surface area contributed by atoms with Crippen LogP contribution >= 0.6 is 0 Å². The number of hydrogen-bond donors (Lipinski definition) is 0. The third-order valence-corrected chi connectivity index (χ3v) is 4.39. The van der Waals surface area contributed by atoms with Crippen molar-refractivity contribution in [3.8, 4) is 11.5 Å². The average Bonchev–Trinajstić information content (AvgIpc) is 3.10. The number of Topliss-reactive ketones (excluding diaryl/α,β-unsaturated/α-hetero) is 2. The monoisotopic (exact) mass is 351 g/mol. The van der Waals surface area contributed by atoms with Crippen molar-refractivity contribution >= 4 is 30.1 Å². The van der Waals surface area contributed by atoms with Gasteiger partial charge in [0.15, 0.2) is 24.6 Å². The highest BCUT2D eigenvalue weighted by molar-refractivity contribution is 6.66. The van der Waals surface area contributed by atoms with E-state index >= 15 is 0 Å². The summed E-state index contributed by atoms with van der Waals surface area (Å²) < 4.78 is 15.9. The van der Waals surface area contributed by atoms with Gasteiger partial charge in [0.2, 0.25) is 11.6 Å². The van der Waals surface area contributed by atoms with Crippen LogP contribution in [-0.4, -0.2) is 38.8 Å². The smallest absolute Gasteiger partial charge is 0.237 e. The summed E-state index contributed by atoms with van der Waals surface area (Å²) in [5, 5.41) is 0. The van der Waals surface area contributed by atoms with E-state index in [-0.39, 0.29) is 16.9 Å². The van der Waals surface area contributed by atoms with E-state index in [0.29, 0.717) is 28.1 Å². The van der Waals surface area contributed by atoms with Gasteiger partial charge < -0.3 is 13.9 Å². The van der Waals surface area contributed by atoms with Gasteiger partial charge in [-0.2, -0.15) is 0 Å². The van der Waals surface area contributed by atoms with Crippen LogP contribution in [0.3, 0.4) is 0 Å². The molecular formula is C19H16BO6. The number of carbonyl (C=O) groups is 3. The first-order valence-corrected chi connectivity index (χ1v) is 7.92. The van der Waals surface area contributed by atoms with Gasteiger partial charge in [-0.3, -0.25) is 14.4 Å². The minimum absolute atomic E-state index is 0.00786. The second-order valence-electron chi connectivity index (χ2n) is 5.74. The van der Waals surface area contributed by atoms with E-state index < -0.39 is 17.3 Å². The van der Waals surface area contributed by atoms with Crippen molar-refractivity contribution in [2.24, 2.45) is 0 Å². The van der Waals surface area contributed by atoms with Gasteiger partial charge >= 0.3 is 0 Å². The normalized spacial score (nSPS) is 13.5. The lowest BCUT2D eigenvalue weighted by atomic mass is 9.65. The number of allylic oxidation sites excluding steroid dienone is 1. The Morgan fingerprint density at radius 3 is 2.38 bits per heavy atom. The standard InChI is InChI=1S/C19H16BO6/c1-9-15(20-2)19-14(18(23)16(9)21)11(8-26-19)17(22)10-5-6-12(24-3)13(7-10)25-4/h5-8H,1-4H3. The number of ketones is 3. The van der Waals surface area contributed by atoms with Crippen LogP contribution in [0.4, 0.5) is 0 Å². The number of rotatable bonds is 5. The fourth-order valence-corrected chi connectivity index (χ4v) is 3.01. The van der Waals surface area contributed by atoms with E-state index in [4.69, 9.17) is 13.9 Å². The van der Waals surface area contributed by atoms with Gasteiger partial charge in [-0.05, 0) is 36.2 Å². The van der Waals surface area contributed by atoms with Gasteiger partial charge in [-0.25, -0.2) is 0 Å². The van der Waals surface area contributed by atoms with Gasteiger partial charge in [-0.15, -0.1) is 0 Å². The molecule has 0 aliphatic heterocycles. The molecule has 6 nitrogen and oxygen atoms in total. The van der Waals surface area contributed by atoms with Crippen LogP contribution in [0.15, 0.2) is 34.5 Å². The lowest BCUT2D eigenvalue weighted by Crippen LogP contribution is -2.25. The van der Waals surface area contributed by atoms with Crippen molar-refractivity contribution in [2.45, 2.75) is 13.7 Å². The van der Waals surface area contributed by atoms with Crippen LogP contribution in [0.1, 0.15) is 39.0 Å². The second kappa shape index (κ2) is 6.67. The van der Waals surface area contributed by atoms with Crippen LogP contribution < -0.4 is 9.47 Å². The Hall–Kier alpha value is -3.09. The van der Waals surface area contributed by atoms with Crippen molar-refractivity contribution in [3.05, 3.63) is 52.5 Å². The summed E-state index contributed by atoms with van der Waals surface area (Å²) in [5.41, 5.74) is 1.19. The fraction of sp³-hybridized carbons (Fsp3) is 0.211. The summed E-state index contributed by atoms with van der Waals surface area (Å²) in [5.74, 6) is -0.693. The third-order valence-electron chi connectivity index (χ3n) is 4.39. The van der Waals surface area contributed by atoms with E-state index in [2.05, 4.69) is 0 Å². The quantitative estimate of drug-likeness (QED) is 0.468. The Morgan fingerprint density at radius 1 is 1.08 bits per heavy atom. The SMILES string of the molecule is C[B]C1=C(C)C(=O)C(=O)c2c(C(=O)c3ccc(OC)c(OC)c3)coc21. The predicted octanol–water partition coefficient (Wildman–Crippen LogP) is 2.78. The van der Waals surface area contributed by atoms with Gasteiger partial charge in [0.1, 0.15) is 12.0 Å². The van der Waals surface area contributed by atoms with Crippen molar-refractivity contribution < 1.29 is 28.3 Å². The molecule has 7 heteroatoms. The van der Waals surface area contributed by atoms with Crippen molar-refractivity contribution in [3.63, 3.8) is 0 Å². The predicted molar refractivity (Wildman–Crippen MR) is 95.2 cm³/mol. The molecule has 1 radical (unpaired) electrons. The maximum atomic E-state index is 12.9. The number of hydrogen-bond acceptors (Lipinski definition) is 6. The maximum Gasteiger partial charge on any atom is 0.237 e. The van der Waals surface area contributed by atoms with Crippen molar-refractivity contribution in [2.75, 3.05) is 14.2 Å². The van der Waals surface area contributed by atoms with Gasteiger partial charge in [0, 0.05) is 5.56 Å². The highest BCUT2D eigenvalue weighted by atomic mass is 16.5. The lowest BCUT2D eigenvalue weighted by Gasteiger charge is -2.15. The molecule has 0 saturated heterocycles. The van der Waals surface area contributed by atoms with Crippen LogP contribution in [0, 0.1) is 0 Å². The molecule has 1 aromatic heterocycles. The molecule has 3 rings (SSSR count). The zero-order valence-corrected chi connectivity index (χ0v) is 14.8. The molecule has 1 heterocycles. The first-order valence-electron chi connectivity index (χ1n) is 7.92. The summed E-state index contributed by atoms with van der Waals surface area (Å²) in [6.45, 7) is 3.31. The molecule has 131 valence electrons. The van der Waals surface area contributed by atoms with E-state index in [1.54, 1.807) is 33.2 Å². The van der Waals surface area contributed by atoms with Gasteiger partial charge in [0.25, 0.3) is 0 Å². The summed E-state index contributed by atoms with van der Waals surface area (Å²) in [7, 11) is 4.64. The largest absolute Gasteiger partial charge is 0.493 e. The third kappa shape index (κ3) is 2.56. The number of furan rings is 1. The first kappa shape index (κ1) is 17.7. The van der Waals surface area contributed by atoms with Crippen LogP contribution in [0.5, 0.6) is 11.5 Å². The highest BCUT2D eigenvalue weighted by Gasteiger charge is 2.36. The summed E-state index contributed by atoms with van der Waals surface area (Å²) in [6, 6.07) is 4.68. The molecule has 26 heavy (non-hydrogen) atoms. The Kier molecular flexibility index (Phi) is 4.55. The second-order valence-corrected chi connectivity index (χ2v) is 5.74. The number of carbonyl (C=O) groups excluding carboxylic acids is 3. The molecule has 0 amide bonds. The molecule has 0 fully saturated rings. The number of benzene rings is 1. The molecule has 2 aromatic rings. The molecule has 1 aromatic carbocycles. The van der Waals surface area contributed by atoms with E-state index in [1.807, 2.05) is 0 Å². The first-order chi connectivity index (χ1) is 12.4. The summed E-state index contributed by atoms with van der Waals surface area (Å²) >= 11 is 0. The van der Waals surface area contributed by atoms with Gasteiger partial charge in [-0.1, -0.05) is 6.82 Å². The highest BCUT2D eigenvalue weighted by Crippen LogP contribution is 2.34. The van der Waals surface area contributed by atoms with Crippen LogP contribution in [0.2, 0.25) is 6.82 Å². The van der Waals surface area contributed by atoms with Crippen molar-refractivity contribution in [1.82, 2.24) is 0 Å². The molecule has 0 bridgehead atoms. The zero-order chi connectivity index (χ0) is 19.0. The van der Waals surface area contributed by atoms with Crippen molar-refractivity contribution in [1.29, 1.82) is 0 Å². The minimum atomic E-state index is -0.735. The maximum absolute atomic E-state index is 12.9. The summed E-state index contributed by atoms with van der Waals surface area (Å²) in [6.07, 6.45) is 1.22. The number of methoxy groups -OCH3 is 2. The van der Waals surface area contributed by atoms with E-state index in [0.717, 1.165) is 0 Å². The molecule has 0 saturated carbocycles. The number of fused-ring (bicyclic) bond motifs is 1. The Morgan fingerprint density at radius 2 is 1.77 bits per heavy atom. The Labute approximate surface area is 151 Å². The summed E-state index contributed by atoms with van der Waals surface area (Å²) in [4.78, 5) is 37.6. The molecule has 0 spiro atoms. The molecule has 0 N–H and O–H groups in total. The van der Waals surface area contributed by atoms with Gasteiger partial charge in [0.05, 0.1) is 25.3 Å². The molecule has 1 aliphatic carbocycles. The number of ether oxygens (including phenoxy) is 2. The zero-order valence-electron chi connectivity index (χ0n) is 14.8. The molecule has 0 atom stereocenters. The Bertz CT molecular complexity index is 966. The van der Waals surface area contributed by atoms with Crippen LogP contribution in [0.25, 0.3) is 5.47 Å². The van der Waals surface area contributed by atoms with E-state index in [1.165, 1.54) is 26.5 Å².